The van der Waals surface area contributed by atoms with Gasteiger partial charge in [-0.1, -0.05) is 0 Å². The van der Waals surface area contributed by atoms with Crippen LogP contribution < -0.4 is 0 Å². The number of nitrogens with zero attached hydrogens (tertiary/aromatic N) is 1. The molecule has 0 bridgehead atoms. The highest BCUT2D eigenvalue weighted by Gasteiger charge is 2.59. The number of alkyl halides is 6. The van der Waals surface area contributed by atoms with Crippen molar-refractivity contribution in [2.24, 2.45) is 0 Å². The first-order valence-electron chi connectivity index (χ1n) is 2.80. The topological polar surface area (TPSA) is 71.5 Å². The molecule has 0 rings (SSSR count). The second-order valence-electron chi connectivity index (χ2n) is 2.10. The van der Waals surface area contributed by atoms with Crippen LogP contribution in [0, 0.1) is 0 Å². The summed E-state index contributed by atoms with van der Waals surface area (Å²) >= 11 is 0. The molecule has 0 spiro atoms. The molecule has 5 nitrogen and oxygen atoms in total. The van der Waals surface area contributed by atoms with Crippen LogP contribution in [0.15, 0.2) is 0 Å². The Labute approximate surface area is 88.6 Å². The standard InChI is InChI=1S/C2F6NO4S2Si/c3-1(4,5)14(10,11)9(16)15(12,13)2(6,7)8. The van der Waals surface area contributed by atoms with Crippen molar-refractivity contribution in [2.75, 3.05) is 0 Å². The third-order valence-electron chi connectivity index (χ3n) is 1.02. The van der Waals surface area contributed by atoms with Crippen molar-refractivity contribution in [3.05, 3.63) is 0 Å². The normalized spacial score (nSPS) is 15.5. The average molecular weight is 308 g/mol. The van der Waals surface area contributed by atoms with E-state index in [2.05, 4.69) is 0 Å². The first kappa shape index (κ1) is 15.7. The van der Waals surface area contributed by atoms with Crippen molar-refractivity contribution in [2.45, 2.75) is 11.0 Å². The van der Waals surface area contributed by atoms with Gasteiger partial charge in [0.2, 0.25) is 0 Å². The molecule has 0 atom stereocenters. The summed E-state index contributed by atoms with van der Waals surface area (Å²) in [4.78, 5) is 0. The quantitative estimate of drug-likeness (QED) is 0.535. The summed E-state index contributed by atoms with van der Waals surface area (Å²) in [6.07, 6.45) is 0. The SMILES string of the molecule is O=S(=O)(N([Si])S(=O)(=O)C(F)(F)F)C(F)(F)F. The molecule has 0 aliphatic heterocycles. The molecule has 0 saturated heterocycles. The summed E-state index contributed by atoms with van der Waals surface area (Å²) in [5.74, 6) is 0. The fraction of sp³-hybridized carbons (Fsp3) is 1.00. The van der Waals surface area contributed by atoms with E-state index in [1.54, 1.807) is 0 Å². The summed E-state index contributed by atoms with van der Waals surface area (Å²) in [7, 11) is -12.1. The molecule has 0 aliphatic carbocycles. The molecule has 14 heteroatoms. The lowest BCUT2D eigenvalue weighted by molar-refractivity contribution is -0.0506. The van der Waals surface area contributed by atoms with E-state index in [9.17, 15) is 43.2 Å². The summed E-state index contributed by atoms with van der Waals surface area (Å²) < 4.78 is 110. The molecule has 0 aromatic carbocycles. The Morgan fingerprint density at radius 1 is 0.750 bits per heavy atom. The molecule has 0 unspecified atom stereocenters. The summed E-state index contributed by atoms with van der Waals surface area (Å²) in [6.45, 7) is 0. The monoisotopic (exact) mass is 308 g/mol. The van der Waals surface area contributed by atoms with Gasteiger partial charge in [0, 0.05) is 0 Å². The number of hydrogen-bond donors (Lipinski definition) is 0. The number of halogens is 6. The van der Waals surface area contributed by atoms with E-state index in [4.69, 9.17) is 0 Å². The number of sulfonamides is 2. The van der Waals surface area contributed by atoms with E-state index in [0.717, 1.165) is 0 Å². The van der Waals surface area contributed by atoms with Crippen LogP contribution in [0.3, 0.4) is 0 Å². The minimum Gasteiger partial charge on any atom is -0.202 e. The minimum absolute atomic E-state index is 1.27. The zero-order valence-corrected chi connectivity index (χ0v) is 9.30. The molecule has 0 amide bonds. The Bertz CT molecular complexity index is 416. The summed E-state index contributed by atoms with van der Waals surface area (Å²) in [6, 6.07) is 0. The Morgan fingerprint density at radius 3 is 1.06 bits per heavy atom. The van der Waals surface area contributed by atoms with Gasteiger partial charge in [0.15, 0.2) is 10.4 Å². The molecule has 16 heavy (non-hydrogen) atoms. The maximum atomic E-state index is 11.7. The smallest absolute Gasteiger partial charge is 0.202 e. The highest BCUT2D eigenvalue weighted by molar-refractivity contribution is 8.06. The maximum Gasteiger partial charge on any atom is 0.511 e. The van der Waals surface area contributed by atoms with Crippen LogP contribution in [-0.4, -0.2) is 41.6 Å². The Hall–Kier alpha value is -0.343. The van der Waals surface area contributed by atoms with Gasteiger partial charge < -0.3 is 0 Å². The van der Waals surface area contributed by atoms with Gasteiger partial charge in [-0.05, 0) is 0 Å². The van der Waals surface area contributed by atoms with Crippen LogP contribution in [0.1, 0.15) is 0 Å². The van der Waals surface area contributed by atoms with Crippen LogP contribution in [0.5, 0.6) is 0 Å². The first-order chi connectivity index (χ1) is 6.65. The molecule has 0 aromatic heterocycles. The van der Waals surface area contributed by atoms with Crippen LogP contribution in [0.2, 0.25) is 0 Å². The fourth-order valence-corrected chi connectivity index (χ4v) is 2.85. The van der Waals surface area contributed by atoms with E-state index in [1.807, 2.05) is 0 Å². The predicted molar refractivity (Wildman–Crippen MR) is 37.5 cm³/mol. The second-order valence-corrected chi connectivity index (χ2v) is 6.98. The Balaban J connectivity index is 5.70. The molecule has 0 N–H and O–H groups in total. The maximum absolute atomic E-state index is 11.7. The number of rotatable bonds is 2. The lowest BCUT2D eigenvalue weighted by atomic mass is 11.6. The van der Waals surface area contributed by atoms with E-state index >= 15 is 0 Å². The average Bonchev–Trinajstić information content (AvgIpc) is 1.98. The third-order valence-corrected chi connectivity index (χ3v) is 5.68. The molecule has 0 aliphatic rings. The van der Waals surface area contributed by atoms with Crippen molar-refractivity contribution in [1.29, 1.82) is 0 Å². The van der Waals surface area contributed by atoms with Crippen LogP contribution in [0.4, 0.5) is 26.3 Å². The molecule has 95 valence electrons. The highest BCUT2D eigenvalue weighted by atomic mass is 32.3. The van der Waals surface area contributed by atoms with E-state index in [0.29, 0.717) is 0 Å². The highest BCUT2D eigenvalue weighted by Crippen LogP contribution is 2.33. The van der Waals surface area contributed by atoms with Gasteiger partial charge in [0.25, 0.3) is 0 Å². The first-order valence-corrected chi connectivity index (χ1v) is 6.12. The van der Waals surface area contributed by atoms with E-state index in [1.165, 1.54) is 10.4 Å². The van der Waals surface area contributed by atoms with Gasteiger partial charge in [-0.3, -0.25) is 0 Å². The Kier molecular flexibility index (Phi) is 3.76. The fourth-order valence-electron chi connectivity index (χ4n) is 0.317. The molecule has 0 aromatic rings. The van der Waals surface area contributed by atoms with Gasteiger partial charge in [0.1, 0.15) is 0 Å². The van der Waals surface area contributed by atoms with Gasteiger partial charge in [-0.25, -0.2) is 16.8 Å². The van der Waals surface area contributed by atoms with Gasteiger partial charge in [-0.2, -0.15) is 26.3 Å². The van der Waals surface area contributed by atoms with Crippen LogP contribution in [-0.2, 0) is 20.0 Å². The summed E-state index contributed by atoms with van der Waals surface area (Å²) in [5.41, 5.74) is -12.4. The molecular weight excluding hydrogens is 308 g/mol. The zero-order chi connectivity index (χ0) is 13.6. The molecule has 0 saturated carbocycles. The van der Waals surface area contributed by atoms with Crippen molar-refractivity contribution in [1.82, 2.24) is 3.38 Å². The predicted octanol–water partition coefficient (Wildman–Crippen LogP) is 0.0711. The largest absolute Gasteiger partial charge is 0.511 e. The molecular formula is C2F6NO4S2Si. The van der Waals surface area contributed by atoms with Crippen molar-refractivity contribution < 1.29 is 43.2 Å². The second kappa shape index (κ2) is 3.85. The van der Waals surface area contributed by atoms with Crippen LogP contribution >= 0.6 is 0 Å². The minimum atomic E-state index is -6.68. The van der Waals surface area contributed by atoms with Crippen molar-refractivity contribution >= 4 is 30.5 Å². The lowest BCUT2D eigenvalue weighted by Gasteiger charge is -2.19. The van der Waals surface area contributed by atoms with E-state index in [-0.39, 0.29) is 0 Å². The van der Waals surface area contributed by atoms with E-state index < -0.39 is 34.4 Å². The Morgan fingerprint density at radius 2 is 0.938 bits per heavy atom. The van der Waals surface area contributed by atoms with Gasteiger partial charge in [0.05, 0.1) is 0 Å². The van der Waals surface area contributed by atoms with Gasteiger partial charge in [-0.15, -0.1) is 3.38 Å². The zero-order valence-electron chi connectivity index (χ0n) is 6.66. The summed E-state index contributed by atoms with van der Waals surface area (Å²) in [5, 5.41) is 0. The van der Waals surface area contributed by atoms with Gasteiger partial charge >= 0.3 is 31.1 Å². The van der Waals surface area contributed by atoms with Crippen molar-refractivity contribution in [3.63, 3.8) is 0 Å². The molecule has 0 fully saturated rings. The molecule has 3 radical (unpaired) electrons. The number of hydrogen-bond acceptors (Lipinski definition) is 4. The molecule has 0 heterocycles. The van der Waals surface area contributed by atoms with Crippen LogP contribution in [0.25, 0.3) is 0 Å². The lowest BCUT2D eigenvalue weighted by Crippen LogP contribution is -2.47. The third kappa shape index (κ3) is 2.49. The van der Waals surface area contributed by atoms with Crippen molar-refractivity contribution in [3.8, 4) is 0 Å².